The Morgan fingerprint density at radius 1 is 1.12 bits per heavy atom. The van der Waals surface area contributed by atoms with Crippen LogP contribution < -0.4 is 16.0 Å². The van der Waals surface area contributed by atoms with Gasteiger partial charge in [0.05, 0.1) is 18.1 Å². The maximum atomic E-state index is 13.3. The molecule has 0 aliphatic carbocycles. The van der Waals surface area contributed by atoms with Crippen molar-refractivity contribution in [1.29, 1.82) is 0 Å². The fourth-order valence-corrected chi connectivity index (χ4v) is 7.00. The Morgan fingerprint density at radius 2 is 1.84 bits per heavy atom. The maximum absolute atomic E-state index is 13.3. The van der Waals surface area contributed by atoms with E-state index >= 15 is 0 Å². The molecule has 0 spiro atoms. The van der Waals surface area contributed by atoms with E-state index in [1.54, 1.807) is 31.2 Å². The van der Waals surface area contributed by atoms with Crippen molar-refractivity contribution >= 4 is 44.9 Å². The standard InChI is InChI=1S/C29H39N5O7S2/c1-20-5-10-23(19-26(20)35)43(39,40)34-13-2-4-25(34)27(36)32-24(28(37)38)18-21-6-8-22(9-7-21)31-29(42)30-11-3-12-33-14-16-41-17-15-33/h5-10,19,24-25,35H,2-4,11-18H2,1H3,(H,32,36)(H,37,38)(H2,30,31,42)/t24-,25-/m0/s1. The number of hydrogen-bond donors (Lipinski definition) is 5. The molecule has 2 atom stereocenters. The highest BCUT2D eigenvalue weighted by Crippen LogP contribution is 2.29. The second-order valence-electron chi connectivity index (χ2n) is 10.7. The van der Waals surface area contributed by atoms with E-state index in [9.17, 15) is 28.2 Å². The second kappa shape index (κ2) is 14.9. The van der Waals surface area contributed by atoms with Crippen LogP contribution in [-0.4, -0.2) is 103 Å². The molecule has 2 heterocycles. The number of aromatic hydroxyl groups is 1. The van der Waals surface area contributed by atoms with Crippen molar-refractivity contribution in [2.24, 2.45) is 0 Å². The number of phenols is 1. The Balaban J connectivity index is 1.29. The number of nitrogens with zero attached hydrogens (tertiary/aromatic N) is 2. The normalized spacial score (nSPS) is 18.6. The van der Waals surface area contributed by atoms with Gasteiger partial charge in [-0.1, -0.05) is 18.2 Å². The molecule has 2 fully saturated rings. The summed E-state index contributed by atoms with van der Waals surface area (Å²) < 4.78 is 33.0. The lowest BCUT2D eigenvalue weighted by atomic mass is 10.0. The van der Waals surface area contributed by atoms with E-state index in [1.165, 1.54) is 12.1 Å². The highest BCUT2D eigenvalue weighted by atomic mass is 32.2. The summed E-state index contributed by atoms with van der Waals surface area (Å²) in [4.78, 5) is 27.4. The number of benzene rings is 2. The van der Waals surface area contributed by atoms with E-state index in [1.807, 2.05) is 0 Å². The van der Waals surface area contributed by atoms with Gasteiger partial charge in [0, 0.05) is 44.4 Å². The van der Waals surface area contributed by atoms with Crippen molar-refractivity contribution < 1.29 is 33.0 Å². The molecule has 2 saturated heterocycles. The van der Waals surface area contributed by atoms with E-state index < -0.39 is 34.0 Å². The maximum Gasteiger partial charge on any atom is 0.326 e. The van der Waals surface area contributed by atoms with Gasteiger partial charge in [-0.15, -0.1) is 0 Å². The monoisotopic (exact) mass is 633 g/mol. The fourth-order valence-electron chi connectivity index (χ4n) is 5.11. The molecule has 2 aliphatic heterocycles. The molecule has 43 heavy (non-hydrogen) atoms. The fraction of sp³-hybridized carbons (Fsp3) is 0.483. The number of nitrogens with one attached hydrogen (secondary N) is 3. The van der Waals surface area contributed by atoms with Crippen molar-refractivity contribution in [2.45, 2.75) is 49.6 Å². The SMILES string of the molecule is Cc1ccc(S(=O)(=O)N2CCC[C@H]2C(=O)N[C@@H](Cc2ccc(NC(=S)NCCCN3CCOCC3)cc2)C(=O)O)cc1O. The summed E-state index contributed by atoms with van der Waals surface area (Å²) in [5.41, 5.74) is 1.94. The number of anilines is 1. The third-order valence-corrected chi connectivity index (χ3v) is 9.75. The number of hydrogen-bond acceptors (Lipinski definition) is 8. The lowest BCUT2D eigenvalue weighted by Gasteiger charge is -2.26. The van der Waals surface area contributed by atoms with E-state index in [4.69, 9.17) is 17.0 Å². The van der Waals surface area contributed by atoms with Crippen LogP contribution >= 0.6 is 12.2 Å². The molecule has 0 radical (unpaired) electrons. The van der Waals surface area contributed by atoms with Gasteiger partial charge in [0.15, 0.2) is 5.11 Å². The number of carbonyl (C=O) groups is 2. The third kappa shape index (κ3) is 8.86. The van der Waals surface area contributed by atoms with Gasteiger partial charge in [-0.25, -0.2) is 13.2 Å². The van der Waals surface area contributed by atoms with E-state index in [0.717, 1.165) is 61.9 Å². The first-order chi connectivity index (χ1) is 20.5. The van der Waals surface area contributed by atoms with Crippen LogP contribution in [0.15, 0.2) is 47.4 Å². The summed E-state index contributed by atoms with van der Waals surface area (Å²) in [5, 5.41) is 29.1. The van der Waals surface area contributed by atoms with Crippen LogP contribution in [0, 0.1) is 6.92 Å². The van der Waals surface area contributed by atoms with E-state index in [0.29, 0.717) is 22.7 Å². The first-order valence-corrected chi connectivity index (χ1v) is 16.2. The third-order valence-electron chi connectivity index (χ3n) is 7.60. The number of carboxylic acids is 1. The van der Waals surface area contributed by atoms with Crippen LogP contribution in [0.1, 0.15) is 30.4 Å². The Labute approximate surface area is 257 Å². The van der Waals surface area contributed by atoms with Crippen molar-refractivity contribution in [3.63, 3.8) is 0 Å². The summed E-state index contributed by atoms with van der Waals surface area (Å²) in [5.74, 6) is -2.06. The Kier molecular flexibility index (Phi) is 11.3. The highest BCUT2D eigenvalue weighted by Gasteiger charge is 2.40. The number of carboxylic acid groups (broad SMARTS) is 1. The van der Waals surface area contributed by atoms with Gasteiger partial charge in [0.2, 0.25) is 15.9 Å². The Bertz CT molecular complexity index is 1400. The average Bonchev–Trinajstić information content (AvgIpc) is 3.49. The first-order valence-electron chi connectivity index (χ1n) is 14.3. The molecule has 0 unspecified atom stereocenters. The quantitative estimate of drug-likeness (QED) is 0.171. The molecule has 5 N–H and O–H groups in total. The minimum absolute atomic E-state index is 0.0108. The molecule has 0 bridgehead atoms. The number of amides is 1. The molecule has 2 aromatic rings. The van der Waals surface area contributed by atoms with Crippen LogP contribution in [0.4, 0.5) is 5.69 Å². The highest BCUT2D eigenvalue weighted by molar-refractivity contribution is 7.89. The molecule has 0 aromatic heterocycles. The van der Waals surface area contributed by atoms with Gasteiger partial charge in [-0.3, -0.25) is 9.69 Å². The zero-order chi connectivity index (χ0) is 31.0. The zero-order valence-electron chi connectivity index (χ0n) is 24.1. The summed E-state index contributed by atoms with van der Waals surface area (Å²) in [6, 6.07) is 8.78. The molecule has 2 aliphatic rings. The number of rotatable bonds is 12. The van der Waals surface area contributed by atoms with Gasteiger partial charge in [0.25, 0.3) is 0 Å². The number of phenolic OH excluding ortho intramolecular Hbond substituents is 1. The molecule has 0 saturated carbocycles. The summed E-state index contributed by atoms with van der Waals surface area (Å²) in [6.45, 7) is 6.91. The van der Waals surface area contributed by atoms with Crippen LogP contribution in [0.25, 0.3) is 0 Å². The molecule has 14 heteroatoms. The number of thiocarbonyl (C=S) groups is 1. The number of aryl methyl sites for hydroxylation is 1. The second-order valence-corrected chi connectivity index (χ2v) is 13.0. The van der Waals surface area contributed by atoms with Gasteiger partial charge in [-0.2, -0.15) is 4.31 Å². The molecule has 12 nitrogen and oxygen atoms in total. The Hall–Kier alpha value is -3.30. The molecule has 234 valence electrons. The van der Waals surface area contributed by atoms with Crippen LogP contribution in [0.3, 0.4) is 0 Å². The van der Waals surface area contributed by atoms with Crippen molar-refractivity contribution in [1.82, 2.24) is 19.8 Å². The number of carbonyl (C=O) groups excluding carboxylic acids is 1. The lowest BCUT2D eigenvalue weighted by Crippen LogP contribution is -2.51. The van der Waals surface area contributed by atoms with Gasteiger partial charge in [0.1, 0.15) is 17.8 Å². The minimum Gasteiger partial charge on any atom is -0.508 e. The van der Waals surface area contributed by atoms with E-state index in [-0.39, 0.29) is 30.0 Å². The molecular formula is C29H39N5O7S2. The largest absolute Gasteiger partial charge is 0.508 e. The average molecular weight is 634 g/mol. The van der Waals surface area contributed by atoms with Crippen LogP contribution in [0.5, 0.6) is 5.75 Å². The minimum atomic E-state index is -4.08. The number of morpholine rings is 1. The molecule has 4 rings (SSSR count). The van der Waals surface area contributed by atoms with Crippen LogP contribution in [0.2, 0.25) is 0 Å². The zero-order valence-corrected chi connectivity index (χ0v) is 25.8. The number of sulfonamides is 1. The summed E-state index contributed by atoms with van der Waals surface area (Å²) >= 11 is 5.38. The van der Waals surface area contributed by atoms with Gasteiger partial charge in [-0.05, 0) is 74.3 Å². The summed E-state index contributed by atoms with van der Waals surface area (Å²) in [7, 11) is -4.08. The topological polar surface area (TPSA) is 161 Å². The van der Waals surface area contributed by atoms with Gasteiger partial charge < -0.3 is 30.9 Å². The van der Waals surface area contributed by atoms with Crippen LogP contribution in [-0.2, 0) is 30.8 Å². The predicted molar refractivity (Wildman–Crippen MR) is 166 cm³/mol. The number of aliphatic carboxylic acids is 1. The van der Waals surface area contributed by atoms with E-state index in [2.05, 4.69) is 20.9 Å². The Morgan fingerprint density at radius 3 is 2.51 bits per heavy atom. The molecular weight excluding hydrogens is 594 g/mol. The van der Waals surface area contributed by atoms with Crippen molar-refractivity contribution in [3.05, 3.63) is 53.6 Å². The van der Waals surface area contributed by atoms with Gasteiger partial charge >= 0.3 is 5.97 Å². The van der Waals surface area contributed by atoms with Crippen molar-refractivity contribution in [2.75, 3.05) is 51.3 Å². The smallest absolute Gasteiger partial charge is 0.326 e. The molecule has 2 aromatic carbocycles. The van der Waals surface area contributed by atoms with Crippen molar-refractivity contribution in [3.8, 4) is 5.75 Å². The summed E-state index contributed by atoms with van der Waals surface area (Å²) in [6.07, 6.45) is 1.67. The number of ether oxygens (including phenoxy) is 1. The first kappa shape index (κ1) is 32.6. The lowest BCUT2D eigenvalue weighted by molar-refractivity contribution is -0.142. The predicted octanol–water partition coefficient (Wildman–Crippen LogP) is 1.67. The molecule has 1 amide bonds.